The molecule has 1 N–H and O–H groups in total. The molecule has 7 nitrogen and oxygen atoms in total. The first-order valence-corrected chi connectivity index (χ1v) is 9.10. The second kappa shape index (κ2) is 8.56. The minimum Gasteiger partial charge on any atom is -0.496 e. The quantitative estimate of drug-likeness (QED) is 0.779. The zero-order chi connectivity index (χ0) is 20.2. The molecule has 1 aliphatic rings. The Kier molecular flexibility index (Phi) is 7.24. The molecule has 1 heterocycles. The maximum absolute atomic E-state index is 13.1. The van der Waals surface area contributed by atoms with Crippen LogP contribution in [0.25, 0.3) is 0 Å². The van der Waals surface area contributed by atoms with Gasteiger partial charge in [0, 0.05) is 6.08 Å². The summed E-state index contributed by atoms with van der Waals surface area (Å²) in [5.74, 6) is -0.626. The third kappa shape index (κ3) is 5.47. The van der Waals surface area contributed by atoms with Gasteiger partial charge >= 0.3 is 6.09 Å². The smallest absolute Gasteiger partial charge is 0.408 e. The summed E-state index contributed by atoms with van der Waals surface area (Å²) in [5.41, 5.74) is -0.678. The molecule has 0 spiro atoms. The van der Waals surface area contributed by atoms with Crippen LogP contribution < -0.4 is 5.32 Å². The predicted octanol–water partition coefficient (Wildman–Crippen LogP) is 2.85. The molecular weight excluding hydrogens is 336 g/mol. The number of carbonyl (C=O) groups excluding carboxylic acids is 3. The van der Waals surface area contributed by atoms with E-state index in [2.05, 4.69) is 5.32 Å². The van der Waals surface area contributed by atoms with Crippen LogP contribution in [0, 0.1) is 11.8 Å². The van der Waals surface area contributed by atoms with E-state index >= 15 is 0 Å². The third-order valence-electron chi connectivity index (χ3n) is 3.86. The third-order valence-corrected chi connectivity index (χ3v) is 3.86. The lowest BCUT2D eigenvalue weighted by Gasteiger charge is -2.33. The molecule has 0 aromatic carbocycles. The van der Waals surface area contributed by atoms with Gasteiger partial charge in [-0.05, 0) is 39.5 Å². The highest BCUT2D eigenvalue weighted by Gasteiger charge is 2.43. The van der Waals surface area contributed by atoms with Gasteiger partial charge in [-0.1, -0.05) is 27.7 Å². The summed E-state index contributed by atoms with van der Waals surface area (Å²) in [5, 5.41) is 2.61. The van der Waals surface area contributed by atoms with Gasteiger partial charge in [0.1, 0.15) is 17.4 Å². The second-order valence-electron chi connectivity index (χ2n) is 8.08. The van der Waals surface area contributed by atoms with E-state index in [0.717, 1.165) is 0 Å². The summed E-state index contributed by atoms with van der Waals surface area (Å²) < 4.78 is 10.8. The van der Waals surface area contributed by atoms with Crippen LogP contribution in [0.4, 0.5) is 4.79 Å². The molecule has 0 aromatic heterocycles. The van der Waals surface area contributed by atoms with Crippen LogP contribution in [0.3, 0.4) is 0 Å². The van der Waals surface area contributed by atoms with Gasteiger partial charge in [0.25, 0.3) is 11.8 Å². The van der Waals surface area contributed by atoms with Crippen LogP contribution in [0.5, 0.6) is 0 Å². The minimum atomic E-state index is -0.871. The fourth-order valence-corrected chi connectivity index (χ4v) is 2.80. The maximum Gasteiger partial charge on any atom is 0.408 e. The summed E-state index contributed by atoms with van der Waals surface area (Å²) in [6.07, 6.45) is 0.673. The normalized spacial score (nSPS) is 18.8. The number of alkyl carbamates (subject to hydrolysis) is 1. The van der Waals surface area contributed by atoms with E-state index in [4.69, 9.17) is 9.47 Å². The van der Waals surface area contributed by atoms with E-state index in [1.54, 1.807) is 20.8 Å². The first kappa shape index (κ1) is 22.0. The Bertz CT molecular complexity index is 575. The molecule has 26 heavy (non-hydrogen) atoms. The van der Waals surface area contributed by atoms with Gasteiger partial charge in [-0.2, -0.15) is 0 Å². The van der Waals surface area contributed by atoms with E-state index in [1.807, 2.05) is 34.6 Å². The highest BCUT2D eigenvalue weighted by Crippen LogP contribution is 2.28. The summed E-state index contributed by atoms with van der Waals surface area (Å²) >= 11 is 0. The van der Waals surface area contributed by atoms with E-state index < -0.39 is 35.6 Å². The number of nitrogens with one attached hydrogen (secondary N) is 1. The molecule has 0 aliphatic carbocycles. The zero-order valence-electron chi connectivity index (χ0n) is 17.1. The molecule has 1 aliphatic heterocycles. The van der Waals surface area contributed by atoms with Crippen molar-refractivity contribution in [3.05, 3.63) is 11.8 Å². The fourth-order valence-electron chi connectivity index (χ4n) is 2.80. The Morgan fingerprint density at radius 2 is 1.81 bits per heavy atom. The molecule has 2 atom stereocenters. The Morgan fingerprint density at radius 1 is 1.23 bits per heavy atom. The largest absolute Gasteiger partial charge is 0.496 e. The van der Waals surface area contributed by atoms with Crippen molar-refractivity contribution in [1.29, 1.82) is 0 Å². The SMILES string of the molecule is CCOC1=CC(=O)N(C(=O)[C@@H](NC(=O)OC(C)(C)C)C(C)C)[C@H]1C(C)C. The van der Waals surface area contributed by atoms with Crippen LogP contribution in [-0.2, 0) is 19.1 Å². The molecule has 0 saturated heterocycles. The molecule has 7 heteroatoms. The Hall–Kier alpha value is -2.05. The Balaban J connectivity index is 3.04. The van der Waals surface area contributed by atoms with E-state index in [9.17, 15) is 14.4 Å². The van der Waals surface area contributed by atoms with Crippen molar-refractivity contribution in [3.8, 4) is 0 Å². The summed E-state index contributed by atoms with van der Waals surface area (Å²) in [6, 6.07) is -1.35. The second-order valence-corrected chi connectivity index (χ2v) is 8.08. The van der Waals surface area contributed by atoms with Crippen LogP contribution in [-0.4, -0.2) is 47.1 Å². The van der Waals surface area contributed by atoms with Gasteiger partial charge in [0.2, 0.25) is 0 Å². The van der Waals surface area contributed by atoms with Crippen LogP contribution >= 0.6 is 0 Å². The molecule has 0 aromatic rings. The van der Waals surface area contributed by atoms with Gasteiger partial charge in [0.15, 0.2) is 0 Å². The number of ether oxygens (including phenoxy) is 2. The molecular formula is C19H32N2O5. The van der Waals surface area contributed by atoms with Crippen molar-refractivity contribution >= 4 is 17.9 Å². The van der Waals surface area contributed by atoms with E-state index in [0.29, 0.717) is 12.4 Å². The summed E-state index contributed by atoms with van der Waals surface area (Å²) in [4.78, 5) is 38.9. The van der Waals surface area contributed by atoms with Gasteiger partial charge in [0.05, 0.1) is 12.6 Å². The zero-order valence-corrected chi connectivity index (χ0v) is 17.1. The van der Waals surface area contributed by atoms with Crippen LogP contribution in [0.1, 0.15) is 55.4 Å². The lowest BCUT2D eigenvalue weighted by atomic mass is 9.99. The van der Waals surface area contributed by atoms with Crippen molar-refractivity contribution in [2.75, 3.05) is 6.61 Å². The highest BCUT2D eigenvalue weighted by atomic mass is 16.6. The van der Waals surface area contributed by atoms with Crippen molar-refractivity contribution < 1.29 is 23.9 Å². The van der Waals surface area contributed by atoms with Crippen molar-refractivity contribution in [3.63, 3.8) is 0 Å². The minimum absolute atomic E-state index is 0.0162. The monoisotopic (exact) mass is 368 g/mol. The molecule has 0 saturated carbocycles. The average Bonchev–Trinajstić information content (AvgIpc) is 2.78. The lowest BCUT2D eigenvalue weighted by Crippen LogP contribution is -2.55. The van der Waals surface area contributed by atoms with E-state index in [1.165, 1.54) is 11.0 Å². The van der Waals surface area contributed by atoms with Crippen LogP contribution in [0.2, 0.25) is 0 Å². The molecule has 3 amide bonds. The average molecular weight is 368 g/mol. The topological polar surface area (TPSA) is 84.9 Å². The van der Waals surface area contributed by atoms with E-state index in [-0.39, 0.29) is 11.8 Å². The summed E-state index contributed by atoms with van der Waals surface area (Å²) in [7, 11) is 0. The molecule has 0 bridgehead atoms. The van der Waals surface area contributed by atoms with Gasteiger partial charge in [-0.25, -0.2) is 4.79 Å². The standard InChI is InChI=1S/C19H32N2O5/c1-9-25-13-10-14(22)21(16(13)12(4)5)17(23)15(11(2)3)20-18(24)26-19(6,7)8/h10-12,15-16H,9H2,1-8H3,(H,20,24)/t15-,16-/m0/s1. The van der Waals surface area contributed by atoms with Crippen molar-refractivity contribution in [1.82, 2.24) is 10.2 Å². The van der Waals surface area contributed by atoms with Gasteiger partial charge < -0.3 is 14.8 Å². The lowest BCUT2D eigenvalue weighted by molar-refractivity contribution is -0.146. The number of hydrogen-bond acceptors (Lipinski definition) is 5. The number of hydrogen-bond donors (Lipinski definition) is 1. The number of carbonyl (C=O) groups is 3. The predicted molar refractivity (Wildman–Crippen MR) is 98.2 cm³/mol. The molecule has 0 fully saturated rings. The molecule has 0 radical (unpaired) electrons. The van der Waals surface area contributed by atoms with Gasteiger partial charge in [-0.3, -0.25) is 14.5 Å². The Morgan fingerprint density at radius 3 is 2.23 bits per heavy atom. The molecule has 0 unspecified atom stereocenters. The van der Waals surface area contributed by atoms with Gasteiger partial charge in [-0.15, -0.1) is 0 Å². The highest BCUT2D eigenvalue weighted by molar-refractivity contribution is 6.06. The number of nitrogens with zero attached hydrogens (tertiary/aromatic N) is 1. The van der Waals surface area contributed by atoms with Crippen molar-refractivity contribution in [2.45, 2.75) is 73.1 Å². The van der Waals surface area contributed by atoms with Crippen LogP contribution in [0.15, 0.2) is 11.8 Å². The first-order chi connectivity index (χ1) is 11.9. The van der Waals surface area contributed by atoms with Crippen molar-refractivity contribution in [2.24, 2.45) is 11.8 Å². The maximum atomic E-state index is 13.1. The number of imide groups is 1. The number of amides is 3. The first-order valence-electron chi connectivity index (χ1n) is 9.10. The Labute approximate surface area is 156 Å². The summed E-state index contributed by atoms with van der Waals surface area (Å²) in [6.45, 7) is 14.9. The fraction of sp³-hybridized carbons (Fsp3) is 0.737. The molecule has 148 valence electrons. The number of rotatable bonds is 6. The molecule has 1 rings (SSSR count).